The van der Waals surface area contributed by atoms with Crippen molar-refractivity contribution in [2.45, 2.75) is 41.9 Å². The maximum Gasteiger partial charge on any atom is 0.573 e. The molecule has 1 fully saturated rings. The molecule has 0 N–H and O–H groups in total. The molecule has 1 nitrogen and oxygen atoms in total. The number of hydrogen-bond donors (Lipinski definition) is 0. The summed E-state index contributed by atoms with van der Waals surface area (Å²) in [5.74, 6) is -5.10. The van der Waals surface area contributed by atoms with Crippen molar-refractivity contribution >= 4 is 22.6 Å². The molecule has 0 bridgehead atoms. The second-order valence-electron chi connectivity index (χ2n) is 6.51. The van der Waals surface area contributed by atoms with Gasteiger partial charge in [-0.15, -0.1) is 13.2 Å². The lowest BCUT2D eigenvalue weighted by Crippen LogP contribution is -2.19. The Morgan fingerprint density at radius 2 is 1.44 bits per heavy atom. The van der Waals surface area contributed by atoms with E-state index >= 15 is 0 Å². The largest absolute Gasteiger partial charge is 0.573 e. The first-order chi connectivity index (χ1) is 12.6. The van der Waals surface area contributed by atoms with Gasteiger partial charge in [0.25, 0.3) is 0 Å². The van der Waals surface area contributed by atoms with E-state index in [4.69, 9.17) is 0 Å². The average molecular weight is 500 g/mol. The summed E-state index contributed by atoms with van der Waals surface area (Å²) in [4.78, 5) is 0. The van der Waals surface area contributed by atoms with Gasteiger partial charge in [-0.05, 0) is 60.9 Å². The summed E-state index contributed by atoms with van der Waals surface area (Å²) in [7, 11) is 0. The topological polar surface area (TPSA) is 9.23 Å². The van der Waals surface area contributed by atoms with Gasteiger partial charge < -0.3 is 4.74 Å². The molecule has 0 unspecified atom stereocenters. The van der Waals surface area contributed by atoms with Crippen LogP contribution in [0.3, 0.4) is 0 Å². The van der Waals surface area contributed by atoms with Gasteiger partial charge in [-0.3, -0.25) is 0 Å². The van der Waals surface area contributed by atoms with Crippen molar-refractivity contribution in [2.75, 3.05) is 0 Å². The van der Waals surface area contributed by atoms with Gasteiger partial charge in [0.2, 0.25) is 5.75 Å². The van der Waals surface area contributed by atoms with E-state index in [1.807, 2.05) is 0 Å². The Hall–Kier alpha value is -1.45. The number of ether oxygens (including phenoxy) is 1. The van der Waals surface area contributed by atoms with Crippen LogP contribution in [0.2, 0.25) is 0 Å². The Kier molecular flexibility index (Phi) is 5.93. The molecular formula is C19H15F6IO. The summed E-state index contributed by atoms with van der Waals surface area (Å²) in [5.41, 5.74) is 0.537. The van der Waals surface area contributed by atoms with Gasteiger partial charge in [-0.1, -0.05) is 34.7 Å². The summed E-state index contributed by atoms with van der Waals surface area (Å²) in [6, 6.07) is 5.70. The fourth-order valence-electron chi connectivity index (χ4n) is 3.33. The molecule has 2 aromatic rings. The van der Waals surface area contributed by atoms with E-state index in [-0.39, 0.29) is 17.0 Å². The van der Waals surface area contributed by atoms with Gasteiger partial charge in [-0.2, -0.15) is 0 Å². The Bertz CT molecular complexity index is 804. The molecule has 0 saturated heterocycles. The van der Waals surface area contributed by atoms with E-state index < -0.39 is 29.6 Å². The quantitative estimate of drug-likeness (QED) is 0.248. The zero-order valence-electron chi connectivity index (χ0n) is 13.9. The zero-order valence-corrected chi connectivity index (χ0v) is 16.1. The number of alkyl halides is 4. The molecule has 1 saturated carbocycles. The maximum atomic E-state index is 14.5. The molecule has 0 heterocycles. The molecule has 0 radical (unpaired) electrons. The minimum absolute atomic E-state index is 0.0855. The molecule has 2 aromatic carbocycles. The molecule has 0 aliphatic heterocycles. The van der Waals surface area contributed by atoms with Crippen LogP contribution in [-0.4, -0.2) is 10.3 Å². The zero-order chi connectivity index (χ0) is 19.8. The van der Waals surface area contributed by atoms with E-state index in [0.717, 1.165) is 31.2 Å². The lowest BCUT2D eigenvalue weighted by molar-refractivity contribution is -0.276. The van der Waals surface area contributed by atoms with Gasteiger partial charge in [-0.25, -0.2) is 13.2 Å². The molecule has 1 aliphatic rings. The van der Waals surface area contributed by atoms with Gasteiger partial charge in [0.05, 0.1) is 0 Å². The van der Waals surface area contributed by atoms with Crippen molar-refractivity contribution in [3.63, 3.8) is 0 Å². The van der Waals surface area contributed by atoms with Crippen LogP contribution in [0.1, 0.15) is 37.2 Å². The van der Waals surface area contributed by atoms with E-state index in [2.05, 4.69) is 27.3 Å². The van der Waals surface area contributed by atoms with Gasteiger partial charge in [0.15, 0.2) is 11.6 Å². The van der Waals surface area contributed by atoms with Crippen LogP contribution in [0, 0.1) is 17.5 Å². The molecule has 0 spiro atoms. The van der Waals surface area contributed by atoms with Crippen LogP contribution in [-0.2, 0) is 0 Å². The van der Waals surface area contributed by atoms with E-state index in [1.54, 1.807) is 6.07 Å². The van der Waals surface area contributed by atoms with E-state index in [9.17, 15) is 26.3 Å². The predicted octanol–water partition coefficient (Wildman–Crippen LogP) is 7.13. The van der Waals surface area contributed by atoms with E-state index in [1.165, 1.54) is 12.1 Å². The first-order valence-electron chi connectivity index (χ1n) is 8.32. The standard InChI is InChI=1S/C19H15F6IO/c20-15-7-11(10-1-4-13(26)5-2-10)3-6-14(15)12-8-16(21)18(17(22)9-12)27-19(23,24)25/h3,6-10,13H,1-2,4-5H2. The van der Waals surface area contributed by atoms with Crippen LogP contribution in [0.25, 0.3) is 11.1 Å². The van der Waals surface area contributed by atoms with Gasteiger partial charge in [0.1, 0.15) is 5.82 Å². The van der Waals surface area contributed by atoms with E-state index in [0.29, 0.717) is 16.1 Å². The Balaban J connectivity index is 1.88. The summed E-state index contributed by atoms with van der Waals surface area (Å²) < 4.78 is 82.9. The third-order valence-corrected chi connectivity index (χ3v) is 5.89. The Labute approximate surface area is 165 Å². The third kappa shape index (κ3) is 4.89. The number of halogens is 7. The number of rotatable bonds is 3. The fourth-order valence-corrected chi connectivity index (χ4v) is 4.05. The summed E-state index contributed by atoms with van der Waals surface area (Å²) >= 11 is 2.40. The average Bonchev–Trinajstić information content (AvgIpc) is 2.58. The molecule has 8 heteroatoms. The predicted molar refractivity (Wildman–Crippen MR) is 97.5 cm³/mol. The highest BCUT2D eigenvalue weighted by Gasteiger charge is 2.34. The molecule has 0 aromatic heterocycles. The fraction of sp³-hybridized carbons (Fsp3) is 0.368. The van der Waals surface area contributed by atoms with Crippen LogP contribution in [0.4, 0.5) is 26.3 Å². The highest BCUT2D eigenvalue weighted by molar-refractivity contribution is 14.1. The Morgan fingerprint density at radius 3 is 1.96 bits per heavy atom. The molecule has 146 valence electrons. The first-order valence-corrected chi connectivity index (χ1v) is 9.57. The van der Waals surface area contributed by atoms with Crippen molar-refractivity contribution in [2.24, 2.45) is 0 Å². The third-order valence-electron chi connectivity index (χ3n) is 4.65. The van der Waals surface area contributed by atoms with Crippen molar-refractivity contribution in [1.82, 2.24) is 0 Å². The molecule has 0 amide bonds. The van der Waals surface area contributed by atoms with Gasteiger partial charge >= 0.3 is 6.36 Å². The lowest BCUT2D eigenvalue weighted by atomic mass is 9.83. The van der Waals surface area contributed by atoms with Crippen molar-refractivity contribution in [3.8, 4) is 16.9 Å². The maximum absolute atomic E-state index is 14.5. The highest BCUT2D eigenvalue weighted by Crippen LogP contribution is 2.38. The molecule has 0 atom stereocenters. The minimum Gasteiger partial charge on any atom is -0.399 e. The Morgan fingerprint density at radius 1 is 0.852 bits per heavy atom. The van der Waals surface area contributed by atoms with Crippen LogP contribution < -0.4 is 4.74 Å². The highest BCUT2D eigenvalue weighted by atomic mass is 127. The second kappa shape index (κ2) is 7.89. The van der Waals surface area contributed by atoms with Gasteiger partial charge in [0, 0.05) is 9.49 Å². The van der Waals surface area contributed by atoms with Crippen LogP contribution in [0.5, 0.6) is 5.75 Å². The van der Waals surface area contributed by atoms with Crippen molar-refractivity contribution in [3.05, 3.63) is 53.3 Å². The minimum atomic E-state index is -5.23. The molecule has 27 heavy (non-hydrogen) atoms. The lowest BCUT2D eigenvalue weighted by Gasteiger charge is -2.25. The summed E-state index contributed by atoms with van der Waals surface area (Å²) in [6.07, 6.45) is -1.25. The molecular weight excluding hydrogens is 485 g/mol. The second-order valence-corrected chi connectivity index (χ2v) is 8.27. The SMILES string of the molecule is Fc1cc(C2CCC(I)CC2)ccc1-c1cc(F)c(OC(F)(F)F)c(F)c1. The van der Waals surface area contributed by atoms with Crippen molar-refractivity contribution in [1.29, 1.82) is 0 Å². The van der Waals surface area contributed by atoms with Crippen LogP contribution in [0.15, 0.2) is 30.3 Å². The first kappa shape index (κ1) is 20.3. The number of benzene rings is 2. The summed E-state index contributed by atoms with van der Waals surface area (Å²) in [5, 5.41) is 0. The summed E-state index contributed by atoms with van der Waals surface area (Å²) in [6.45, 7) is 0. The van der Waals surface area contributed by atoms with Crippen LogP contribution >= 0.6 is 22.6 Å². The monoisotopic (exact) mass is 500 g/mol. The smallest absolute Gasteiger partial charge is 0.399 e. The normalized spacial score (nSPS) is 20.6. The molecule has 3 rings (SSSR count). The van der Waals surface area contributed by atoms with Crippen molar-refractivity contribution < 1.29 is 31.1 Å². The number of hydrogen-bond acceptors (Lipinski definition) is 1. The molecule has 1 aliphatic carbocycles.